The number of amides is 1. The van der Waals surface area contributed by atoms with E-state index < -0.39 is 0 Å². The smallest absolute Gasteiger partial charge is 0.228 e. The lowest BCUT2D eigenvalue weighted by atomic mass is 9.99. The normalized spacial score (nSPS) is 16.1. The maximum Gasteiger partial charge on any atom is 0.228 e. The lowest BCUT2D eigenvalue weighted by Gasteiger charge is -2.21. The molecule has 1 aliphatic rings. The van der Waals surface area contributed by atoms with Gasteiger partial charge in [-0.25, -0.2) is 9.37 Å². The number of imidazole rings is 1. The largest absolute Gasteiger partial charge is 0.342 e. The fourth-order valence-electron chi connectivity index (χ4n) is 3.37. The van der Waals surface area contributed by atoms with E-state index in [1.165, 1.54) is 6.07 Å². The zero-order valence-electron chi connectivity index (χ0n) is 15.2. The summed E-state index contributed by atoms with van der Waals surface area (Å²) in [7, 11) is 0. The maximum absolute atomic E-state index is 13.8. The second-order valence-electron chi connectivity index (χ2n) is 6.72. The Bertz CT molecular complexity index is 941. The quantitative estimate of drug-likeness (QED) is 0.590. The van der Waals surface area contributed by atoms with Crippen LogP contribution in [0.5, 0.6) is 0 Å². The summed E-state index contributed by atoms with van der Waals surface area (Å²) in [6.07, 6.45) is 2.34. The van der Waals surface area contributed by atoms with Crippen molar-refractivity contribution in [1.82, 2.24) is 15.3 Å². The van der Waals surface area contributed by atoms with Crippen molar-refractivity contribution in [1.29, 1.82) is 0 Å². The molecule has 28 heavy (non-hydrogen) atoms. The van der Waals surface area contributed by atoms with Gasteiger partial charge in [0.25, 0.3) is 0 Å². The number of anilines is 1. The molecule has 1 unspecified atom stereocenters. The average molecular weight is 425 g/mol. The molecule has 5 nitrogen and oxygen atoms in total. The van der Waals surface area contributed by atoms with Crippen molar-refractivity contribution < 1.29 is 9.18 Å². The fourth-order valence-corrected chi connectivity index (χ4v) is 3.37. The molecule has 2 heterocycles. The van der Waals surface area contributed by atoms with E-state index in [2.05, 4.69) is 20.6 Å². The highest BCUT2D eigenvalue weighted by atomic mass is 35.5. The Hall–Kier alpha value is -2.15. The zero-order valence-corrected chi connectivity index (χ0v) is 16.8. The number of carbonyl (C=O) groups excluding carboxylic acids is 1. The molecule has 0 saturated carbocycles. The van der Waals surface area contributed by atoms with Crippen LogP contribution in [0.4, 0.5) is 10.1 Å². The van der Waals surface area contributed by atoms with Gasteiger partial charge in [-0.15, -0.1) is 24.8 Å². The molecule has 1 atom stereocenters. The van der Waals surface area contributed by atoms with Crippen LogP contribution in [0, 0.1) is 11.7 Å². The van der Waals surface area contributed by atoms with E-state index in [1.54, 1.807) is 12.1 Å². The van der Waals surface area contributed by atoms with Crippen LogP contribution in [0.1, 0.15) is 24.2 Å². The highest BCUT2D eigenvalue weighted by Crippen LogP contribution is 2.21. The number of rotatable bonds is 4. The third kappa shape index (κ3) is 5.01. The molecule has 0 radical (unpaired) electrons. The third-order valence-electron chi connectivity index (χ3n) is 4.78. The summed E-state index contributed by atoms with van der Waals surface area (Å²) >= 11 is 0. The molecule has 2 aromatic carbocycles. The molecule has 0 spiro atoms. The molecule has 1 saturated heterocycles. The van der Waals surface area contributed by atoms with Crippen molar-refractivity contribution in [2.24, 2.45) is 5.92 Å². The summed E-state index contributed by atoms with van der Waals surface area (Å²) in [5.41, 5.74) is 2.98. The molecule has 1 fully saturated rings. The van der Waals surface area contributed by atoms with Crippen molar-refractivity contribution in [3.63, 3.8) is 0 Å². The van der Waals surface area contributed by atoms with E-state index in [0.29, 0.717) is 17.8 Å². The standard InChI is InChI=1S/C20H21FN4O.2ClH/c21-16-6-2-1-4-13(16)10-19-24-17-8-7-15(11-18(17)25-19)23-20(26)14-5-3-9-22-12-14;;/h1-2,4,6-8,11,14,22H,3,5,9-10,12H2,(H,23,26)(H,24,25);2*1H. The topological polar surface area (TPSA) is 69.8 Å². The van der Waals surface area contributed by atoms with Gasteiger partial charge in [-0.05, 0) is 49.2 Å². The first-order valence-electron chi connectivity index (χ1n) is 8.93. The van der Waals surface area contributed by atoms with E-state index in [1.807, 2.05) is 24.3 Å². The van der Waals surface area contributed by atoms with Gasteiger partial charge in [0.15, 0.2) is 0 Å². The summed E-state index contributed by atoms with van der Waals surface area (Å²) in [6, 6.07) is 12.3. The van der Waals surface area contributed by atoms with Gasteiger partial charge in [0, 0.05) is 18.7 Å². The first-order chi connectivity index (χ1) is 12.7. The van der Waals surface area contributed by atoms with Gasteiger partial charge in [0.2, 0.25) is 5.91 Å². The molecule has 4 rings (SSSR count). The molecule has 1 aliphatic heterocycles. The zero-order chi connectivity index (χ0) is 17.9. The Morgan fingerprint density at radius 1 is 1.21 bits per heavy atom. The van der Waals surface area contributed by atoms with Crippen LogP contribution < -0.4 is 10.6 Å². The van der Waals surface area contributed by atoms with Gasteiger partial charge in [0.05, 0.1) is 17.0 Å². The number of halogens is 3. The molecule has 0 bridgehead atoms. The Balaban J connectivity index is 0.00000140. The second kappa shape index (κ2) is 9.87. The number of H-pyrrole nitrogens is 1. The maximum atomic E-state index is 13.8. The molecule has 8 heteroatoms. The highest BCUT2D eigenvalue weighted by Gasteiger charge is 2.21. The minimum atomic E-state index is -0.234. The summed E-state index contributed by atoms with van der Waals surface area (Å²) in [5.74, 6) is 0.521. The Labute approximate surface area is 175 Å². The second-order valence-corrected chi connectivity index (χ2v) is 6.72. The number of carbonyl (C=O) groups is 1. The van der Waals surface area contributed by atoms with Gasteiger partial charge >= 0.3 is 0 Å². The van der Waals surface area contributed by atoms with Crippen LogP contribution in [0.25, 0.3) is 11.0 Å². The number of fused-ring (bicyclic) bond motifs is 1. The van der Waals surface area contributed by atoms with E-state index >= 15 is 0 Å². The summed E-state index contributed by atoms with van der Waals surface area (Å²) < 4.78 is 13.8. The highest BCUT2D eigenvalue weighted by molar-refractivity contribution is 5.94. The van der Waals surface area contributed by atoms with Crippen molar-refractivity contribution in [2.75, 3.05) is 18.4 Å². The van der Waals surface area contributed by atoms with E-state index in [-0.39, 0.29) is 42.5 Å². The SMILES string of the molecule is Cl.Cl.O=C(Nc1ccc2nc(Cc3ccccc3F)[nH]c2c1)C1CCCNC1. The van der Waals surface area contributed by atoms with Gasteiger partial charge in [0.1, 0.15) is 11.6 Å². The fraction of sp³-hybridized carbons (Fsp3) is 0.300. The Morgan fingerprint density at radius 2 is 2.04 bits per heavy atom. The number of piperidine rings is 1. The predicted octanol–water partition coefficient (Wildman–Crippen LogP) is 4.07. The van der Waals surface area contributed by atoms with Crippen molar-refractivity contribution in [3.05, 3.63) is 59.7 Å². The number of aromatic nitrogens is 2. The molecule has 3 aromatic rings. The van der Waals surface area contributed by atoms with Gasteiger partial charge < -0.3 is 15.6 Å². The summed E-state index contributed by atoms with van der Waals surface area (Å²) in [5, 5.41) is 6.24. The van der Waals surface area contributed by atoms with Crippen LogP contribution in [0.15, 0.2) is 42.5 Å². The van der Waals surface area contributed by atoms with E-state index in [0.717, 1.165) is 42.7 Å². The Morgan fingerprint density at radius 3 is 2.79 bits per heavy atom. The lowest BCUT2D eigenvalue weighted by Crippen LogP contribution is -2.37. The molecular formula is C20H23Cl2FN4O. The summed E-state index contributed by atoms with van der Waals surface area (Å²) in [4.78, 5) is 20.1. The van der Waals surface area contributed by atoms with Crippen molar-refractivity contribution in [2.45, 2.75) is 19.3 Å². The summed E-state index contributed by atoms with van der Waals surface area (Å²) in [6.45, 7) is 1.71. The van der Waals surface area contributed by atoms with Crippen LogP contribution in [-0.4, -0.2) is 29.0 Å². The van der Waals surface area contributed by atoms with Gasteiger partial charge in [-0.1, -0.05) is 18.2 Å². The molecule has 1 aromatic heterocycles. The van der Waals surface area contributed by atoms with Crippen molar-refractivity contribution >= 4 is 47.4 Å². The third-order valence-corrected chi connectivity index (χ3v) is 4.78. The van der Waals surface area contributed by atoms with E-state index in [9.17, 15) is 9.18 Å². The number of hydrogen-bond acceptors (Lipinski definition) is 3. The number of benzene rings is 2. The molecule has 3 N–H and O–H groups in total. The minimum absolute atomic E-state index is 0. The van der Waals surface area contributed by atoms with Gasteiger partial charge in [-0.2, -0.15) is 0 Å². The lowest BCUT2D eigenvalue weighted by molar-refractivity contribution is -0.120. The van der Waals surface area contributed by atoms with Gasteiger partial charge in [-0.3, -0.25) is 4.79 Å². The monoisotopic (exact) mass is 424 g/mol. The van der Waals surface area contributed by atoms with Crippen LogP contribution in [0.3, 0.4) is 0 Å². The minimum Gasteiger partial charge on any atom is -0.342 e. The first kappa shape index (κ1) is 22.1. The number of hydrogen-bond donors (Lipinski definition) is 3. The molecule has 1 amide bonds. The average Bonchev–Trinajstić information content (AvgIpc) is 3.06. The van der Waals surface area contributed by atoms with Crippen molar-refractivity contribution in [3.8, 4) is 0 Å². The molecule has 150 valence electrons. The molecular weight excluding hydrogens is 402 g/mol. The predicted molar refractivity (Wildman–Crippen MR) is 114 cm³/mol. The number of nitrogens with zero attached hydrogens (tertiary/aromatic N) is 1. The van der Waals surface area contributed by atoms with Crippen LogP contribution in [-0.2, 0) is 11.2 Å². The molecule has 0 aliphatic carbocycles. The Kier molecular flexibility index (Phi) is 7.80. The van der Waals surface area contributed by atoms with Crippen LogP contribution >= 0.6 is 24.8 Å². The number of aromatic amines is 1. The first-order valence-corrected chi connectivity index (χ1v) is 8.93. The number of nitrogens with one attached hydrogen (secondary N) is 3. The van der Waals surface area contributed by atoms with Crippen LogP contribution in [0.2, 0.25) is 0 Å². The van der Waals surface area contributed by atoms with E-state index in [4.69, 9.17) is 0 Å².